The second-order valence-corrected chi connectivity index (χ2v) is 8.97. The molecule has 132 valence electrons. The number of sulfonamides is 1. The molecule has 2 saturated heterocycles. The number of rotatable bonds is 2. The Balaban J connectivity index is 1.76. The molecule has 1 amide bonds. The molecule has 7 nitrogen and oxygen atoms in total. The molecule has 3 rings (SSSR count). The lowest BCUT2D eigenvalue weighted by molar-refractivity contribution is 0.0655. The number of anilines is 1. The van der Waals surface area contributed by atoms with Gasteiger partial charge in [-0.2, -0.15) is 4.31 Å². The minimum atomic E-state index is -3.22. The molecular formula is C15H21ClN4O3S. The van der Waals surface area contributed by atoms with Gasteiger partial charge in [0.05, 0.1) is 16.3 Å². The van der Waals surface area contributed by atoms with E-state index in [1.54, 1.807) is 9.21 Å². The maximum atomic E-state index is 12.7. The Morgan fingerprint density at radius 3 is 2.79 bits per heavy atom. The monoisotopic (exact) mass is 372 g/mol. The third-order valence-corrected chi connectivity index (χ3v) is 7.01. The normalized spacial score (nSPS) is 27.3. The first-order chi connectivity index (χ1) is 11.3. The average molecular weight is 373 g/mol. The minimum absolute atomic E-state index is 0.126. The number of likely N-dealkylation sites (tertiary alicyclic amines) is 1. The number of amides is 1. The summed E-state index contributed by atoms with van der Waals surface area (Å²) in [5.74, 6) is 0.302. The van der Waals surface area contributed by atoms with E-state index in [4.69, 9.17) is 17.3 Å². The fraction of sp³-hybridized carbons (Fsp3) is 0.600. The van der Waals surface area contributed by atoms with Crippen LogP contribution in [0.5, 0.6) is 0 Å². The highest BCUT2D eigenvalue weighted by atomic mass is 35.5. The SMILES string of the molecule is CC1CN(C2CCCN(C(=O)c3cnc(N)c(Cl)c3)C2)S(=O)(=O)C1. The molecule has 0 bridgehead atoms. The van der Waals surface area contributed by atoms with Gasteiger partial charge in [0.2, 0.25) is 10.0 Å². The number of carbonyl (C=O) groups is 1. The van der Waals surface area contributed by atoms with Gasteiger partial charge in [0.1, 0.15) is 5.82 Å². The van der Waals surface area contributed by atoms with Gasteiger partial charge in [0, 0.05) is 31.9 Å². The Morgan fingerprint density at radius 1 is 1.42 bits per heavy atom. The number of nitrogen functional groups attached to an aromatic ring is 1. The van der Waals surface area contributed by atoms with Gasteiger partial charge in [0.25, 0.3) is 5.91 Å². The van der Waals surface area contributed by atoms with E-state index in [1.807, 2.05) is 6.92 Å². The van der Waals surface area contributed by atoms with Crippen LogP contribution >= 0.6 is 11.6 Å². The largest absolute Gasteiger partial charge is 0.382 e. The number of aromatic nitrogens is 1. The van der Waals surface area contributed by atoms with Gasteiger partial charge in [-0.15, -0.1) is 0 Å². The third kappa shape index (κ3) is 3.36. The average Bonchev–Trinajstić information content (AvgIpc) is 2.82. The molecule has 9 heteroatoms. The molecule has 2 N–H and O–H groups in total. The molecule has 2 aliphatic heterocycles. The van der Waals surface area contributed by atoms with Crippen molar-refractivity contribution >= 4 is 33.3 Å². The highest BCUT2D eigenvalue weighted by Gasteiger charge is 2.40. The predicted octanol–water partition coefficient (Wildman–Crippen LogP) is 1.20. The zero-order chi connectivity index (χ0) is 17.5. The van der Waals surface area contributed by atoms with Crippen LogP contribution in [0.4, 0.5) is 5.82 Å². The highest BCUT2D eigenvalue weighted by molar-refractivity contribution is 7.89. The number of piperidine rings is 1. The van der Waals surface area contributed by atoms with Gasteiger partial charge in [-0.05, 0) is 24.8 Å². The summed E-state index contributed by atoms with van der Waals surface area (Å²) in [6.45, 7) is 3.46. The molecule has 2 unspecified atom stereocenters. The molecule has 0 radical (unpaired) electrons. The third-order valence-electron chi connectivity index (χ3n) is 4.55. The number of hydrogen-bond donors (Lipinski definition) is 1. The summed E-state index contributed by atoms with van der Waals surface area (Å²) in [6, 6.07) is 1.35. The summed E-state index contributed by atoms with van der Waals surface area (Å²) in [5.41, 5.74) is 5.94. The molecule has 24 heavy (non-hydrogen) atoms. The van der Waals surface area contributed by atoms with Gasteiger partial charge in [-0.1, -0.05) is 18.5 Å². The number of nitrogens with zero attached hydrogens (tertiary/aromatic N) is 3. The lowest BCUT2D eigenvalue weighted by atomic mass is 10.0. The minimum Gasteiger partial charge on any atom is -0.382 e. The molecular weight excluding hydrogens is 352 g/mol. The van der Waals surface area contributed by atoms with Crippen LogP contribution in [0.3, 0.4) is 0 Å². The van der Waals surface area contributed by atoms with Crippen LogP contribution in [0.1, 0.15) is 30.1 Å². The molecule has 1 aromatic heterocycles. The number of hydrogen-bond acceptors (Lipinski definition) is 5. The lowest BCUT2D eigenvalue weighted by Crippen LogP contribution is -2.50. The summed E-state index contributed by atoms with van der Waals surface area (Å²) >= 11 is 5.94. The van der Waals surface area contributed by atoms with E-state index in [-0.39, 0.29) is 34.5 Å². The second-order valence-electron chi connectivity index (χ2n) is 6.59. The van der Waals surface area contributed by atoms with Gasteiger partial charge in [0.15, 0.2) is 0 Å². The molecule has 0 aliphatic carbocycles. The molecule has 0 aromatic carbocycles. The van der Waals surface area contributed by atoms with Crippen molar-refractivity contribution in [1.82, 2.24) is 14.2 Å². The smallest absolute Gasteiger partial charge is 0.255 e. The second kappa shape index (κ2) is 6.50. The molecule has 2 fully saturated rings. The van der Waals surface area contributed by atoms with Crippen molar-refractivity contribution in [2.24, 2.45) is 5.92 Å². The van der Waals surface area contributed by atoms with E-state index in [0.717, 1.165) is 12.8 Å². The standard InChI is InChI=1S/C15H21ClN4O3S/c1-10-7-20(24(22,23)9-10)12-3-2-4-19(8-12)15(21)11-5-13(16)14(17)18-6-11/h5-6,10,12H,2-4,7-9H2,1H3,(H2,17,18). The Bertz CT molecular complexity index is 755. The number of nitrogens with two attached hydrogens (primary N) is 1. The molecule has 0 saturated carbocycles. The van der Waals surface area contributed by atoms with Crippen molar-refractivity contribution in [2.45, 2.75) is 25.8 Å². The van der Waals surface area contributed by atoms with Crippen molar-refractivity contribution in [1.29, 1.82) is 0 Å². The van der Waals surface area contributed by atoms with Crippen LogP contribution in [-0.4, -0.2) is 59.9 Å². The molecule has 2 atom stereocenters. The summed E-state index contributed by atoms with van der Waals surface area (Å²) in [6.07, 6.45) is 2.95. The Labute approximate surface area is 146 Å². The zero-order valence-corrected chi connectivity index (χ0v) is 15.1. The first-order valence-electron chi connectivity index (χ1n) is 7.98. The number of halogens is 1. The summed E-state index contributed by atoms with van der Waals surface area (Å²) in [5, 5.41) is 0.241. The zero-order valence-electron chi connectivity index (χ0n) is 13.5. The lowest BCUT2D eigenvalue weighted by Gasteiger charge is -2.36. The van der Waals surface area contributed by atoms with E-state index in [0.29, 0.717) is 25.2 Å². The summed E-state index contributed by atoms with van der Waals surface area (Å²) in [4.78, 5) is 18.3. The van der Waals surface area contributed by atoms with Crippen molar-refractivity contribution in [2.75, 3.05) is 31.1 Å². The van der Waals surface area contributed by atoms with Crippen LogP contribution < -0.4 is 5.73 Å². The maximum absolute atomic E-state index is 12.7. The Hall–Kier alpha value is -1.38. The van der Waals surface area contributed by atoms with Gasteiger partial charge < -0.3 is 10.6 Å². The van der Waals surface area contributed by atoms with E-state index < -0.39 is 10.0 Å². The number of carbonyl (C=O) groups excluding carboxylic acids is 1. The van der Waals surface area contributed by atoms with Gasteiger partial charge >= 0.3 is 0 Å². The quantitative estimate of drug-likeness (QED) is 0.841. The fourth-order valence-electron chi connectivity index (χ4n) is 3.43. The topological polar surface area (TPSA) is 96.6 Å². The van der Waals surface area contributed by atoms with Gasteiger partial charge in [-0.3, -0.25) is 4.79 Å². The Morgan fingerprint density at radius 2 is 2.17 bits per heavy atom. The van der Waals surface area contributed by atoms with E-state index in [9.17, 15) is 13.2 Å². The van der Waals surface area contributed by atoms with Crippen LogP contribution in [0, 0.1) is 5.92 Å². The van der Waals surface area contributed by atoms with Crippen molar-refractivity contribution in [3.8, 4) is 0 Å². The summed E-state index contributed by atoms with van der Waals surface area (Å²) < 4.78 is 26.1. The molecule has 0 spiro atoms. The number of pyridine rings is 1. The van der Waals surface area contributed by atoms with Crippen LogP contribution in [-0.2, 0) is 10.0 Å². The maximum Gasteiger partial charge on any atom is 0.255 e. The predicted molar refractivity (Wildman–Crippen MR) is 92.2 cm³/mol. The van der Waals surface area contributed by atoms with E-state index in [2.05, 4.69) is 4.98 Å². The van der Waals surface area contributed by atoms with Crippen molar-refractivity contribution < 1.29 is 13.2 Å². The fourth-order valence-corrected chi connectivity index (χ4v) is 5.72. The van der Waals surface area contributed by atoms with Gasteiger partial charge in [-0.25, -0.2) is 13.4 Å². The molecule has 2 aliphatic rings. The van der Waals surface area contributed by atoms with Crippen molar-refractivity contribution in [3.05, 3.63) is 22.8 Å². The first kappa shape index (κ1) is 17.4. The molecule has 1 aromatic rings. The van der Waals surface area contributed by atoms with E-state index in [1.165, 1.54) is 12.3 Å². The Kier molecular flexibility index (Phi) is 4.72. The van der Waals surface area contributed by atoms with Crippen LogP contribution in [0.15, 0.2) is 12.3 Å². The van der Waals surface area contributed by atoms with E-state index >= 15 is 0 Å². The molecule has 3 heterocycles. The van der Waals surface area contributed by atoms with Crippen LogP contribution in [0.2, 0.25) is 5.02 Å². The highest BCUT2D eigenvalue weighted by Crippen LogP contribution is 2.27. The first-order valence-corrected chi connectivity index (χ1v) is 9.96. The van der Waals surface area contributed by atoms with Crippen LogP contribution in [0.25, 0.3) is 0 Å². The summed E-state index contributed by atoms with van der Waals surface area (Å²) in [7, 11) is -3.22. The van der Waals surface area contributed by atoms with Crippen molar-refractivity contribution in [3.63, 3.8) is 0 Å².